The monoisotopic (exact) mass is 432 g/mol. The summed E-state index contributed by atoms with van der Waals surface area (Å²) in [5.74, 6) is -0.393. The molecule has 0 bridgehead atoms. The normalized spacial score (nSPS) is 25.0. The second kappa shape index (κ2) is 8.35. The molecule has 1 saturated heterocycles. The third-order valence-corrected chi connectivity index (χ3v) is 5.70. The lowest BCUT2D eigenvalue weighted by Crippen LogP contribution is -2.57. The number of carbonyl (C=O) groups excluding carboxylic acids is 1. The van der Waals surface area contributed by atoms with Gasteiger partial charge in [-0.1, -0.05) is 15.9 Å². The van der Waals surface area contributed by atoms with Gasteiger partial charge in [0, 0.05) is 42.0 Å². The van der Waals surface area contributed by atoms with Crippen molar-refractivity contribution < 1.29 is 14.3 Å². The van der Waals surface area contributed by atoms with Crippen molar-refractivity contribution in [2.24, 2.45) is 0 Å². The molecule has 1 amide bonds. The van der Waals surface area contributed by atoms with Gasteiger partial charge in [0.15, 0.2) is 5.79 Å². The minimum atomic E-state index is -0.451. The molecule has 1 aromatic rings. The summed E-state index contributed by atoms with van der Waals surface area (Å²) in [6.07, 6.45) is 2.50. The highest BCUT2D eigenvalue weighted by molar-refractivity contribution is 9.10. The van der Waals surface area contributed by atoms with Gasteiger partial charge in [0.05, 0.1) is 13.2 Å². The maximum Gasteiger partial charge on any atom is 0.253 e. The van der Waals surface area contributed by atoms with Crippen LogP contribution in [0.4, 0.5) is 0 Å². The number of amides is 1. The number of rotatable bonds is 3. The van der Waals surface area contributed by atoms with Crippen molar-refractivity contribution in [2.45, 2.75) is 37.1 Å². The highest BCUT2D eigenvalue weighted by Gasteiger charge is 2.47. The van der Waals surface area contributed by atoms with Gasteiger partial charge in [0.1, 0.15) is 0 Å². The number of carbonyl (C=O) groups is 1. The molecule has 2 atom stereocenters. The third-order valence-electron chi connectivity index (χ3n) is 5.17. The van der Waals surface area contributed by atoms with Gasteiger partial charge in [-0.3, -0.25) is 4.79 Å². The van der Waals surface area contributed by atoms with Gasteiger partial charge in [-0.15, -0.1) is 12.4 Å². The molecule has 1 aromatic carbocycles. The molecule has 1 spiro atoms. The lowest BCUT2D eigenvalue weighted by molar-refractivity contribution is -0.195. The lowest BCUT2D eigenvalue weighted by Gasteiger charge is -2.46. The smallest absolute Gasteiger partial charge is 0.253 e. The van der Waals surface area contributed by atoms with E-state index < -0.39 is 5.79 Å². The highest BCUT2D eigenvalue weighted by Crippen LogP contribution is 2.39. The molecule has 5 nitrogen and oxygen atoms in total. The molecule has 1 saturated carbocycles. The molecule has 1 heterocycles. The van der Waals surface area contributed by atoms with E-state index in [1.165, 1.54) is 0 Å². The Hall–Kier alpha value is -0.660. The summed E-state index contributed by atoms with van der Waals surface area (Å²) in [5, 5.41) is 0. The minimum Gasteiger partial charge on any atom is -0.347 e. The molecule has 1 aliphatic carbocycles. The van der Waals surface area contributed by atoms with E-state index in [0.29, 0.717) is 18.8 Å². The second-order valence-corrected chi connectivity index (χ2v) is 7.79. The molecule has 0 aromatic heterocycles. The van der Waals surface area contributed by atoms with Crippen LogP contribution in [0.3, 0.4) is 0 Å². The lowest BCUT2D eigenvalue weighted by atomic mass is 9.84. The number of likely N-dealkylation sites (N-methyl/N-ethyl adjacent to an activating group) is 2. The summed E-state index contributed by atoms with van der Waals surface area (Å²) < 4.78 is 12.8. The minimum absolute atomic E-state index is 0. The summed E-state index contributed by atoms with van der Waals surface area (Å²) in [6, 6.07) is 7.89. The van der Waals surface area contributed by atoms with Crippen LogP contribution in [0.5, 0.6) is 0 Å². The maximum atomic E-state index is 12.9. The van der Waals surface area contributed by atoms with Gasteiger partial charge in [-0.2, -0.15) is 0 Å². The summed E-state index contributed by atoms with van der Waals surface area (Å²) in [6.45, 7) is 1.33. The first-order valence-electron chi connectivity index (χ1n) is 8.39. The van der Waals surface area contributed by atoms with Gasteiger partial charge in [-0.25, -0.2) is 0 Å². The molecule has 1 aliphatic heterocycles. The topological polar surface area (TPSA) is 42.0 Å². The first-order valence-corrected chi connectivity index (χ1v) is 9.18. The second-order valence-electron chi connectivity index (χ2n) is 6.87. The van der Waals surface area contributed by atoms with Crippen LogP contribution in [0.25, 0.3) is 0 Å². The van der Waals surface area contributed by atoms with Crippen LogP contribution in [0.15, 0.2) is 28.7 Å². The zero-order valence-corrected chi connectivity index (χ0v) is 17.3. The zero-order chi connectivity index (χ0) is 17.3. The Labute approximate surface area is 164 Å². The fourth-order valence-electron chi connectivity index (χ4n) is 3.80. The molecule has 2 fully saturated rings. The Bertz CT molecular complexity index is 590. The van der Waals surface area contributed by atoms with E-state index >= 15 is 0 Å². The van der Waals surface area contributed by atoms with E-state index in [0.717, 1.165) is 23.7 Å². The van der Waals surface area contributed by atoms with Crippen LogP contribution in [-0.4, -0.2) is 67.9 Å². The standard InChI is InChI=1S/C18H25BrN2O3.ClH/c1-20(2)16-12-18(23-10-11-24-18)9-8-15(16)21(3)17(22)13-4-6-14(19)7-5-13;/h4-7,15-16H,8-12H2,1-3H3;1H/t15-,16-;/m0./s1. The summed E-state index contributed by atoms with van der Waals surface area (Å²) in [5.41, 5.74) is 0.715. The van der Waals surface area contributed by atoms with Crippen molar-refractivity contribution in [1.82, 2.24) is 9.80 Å². The number of hydrogen-bond acceptors (Lipinski definition) is 4. The van der Waals surface area contributed by atoms with E-state index in [1.807, 2.05) is 36.2 Å². The van der Waals surface area contributed by atoms with E-state index in [9.17, 15) is 4.79 Å². The first-order chi connectivity index (χ1) is 11.4. The molecule has 0 radical (unpaired) electrons. The summed E-state index contributed by atoms with van der Waals surface area (Å²) >= 11 is 3.41. The quantitative estimate of drug-likeness (QED) is 0.734. The fourth-order valence-corrected chi connectivity index (χ4v) is 4.07. The number of benzene rings is 1. The Kier molecular flexibility index (Phi) is 6.90. The number of halogens is 2. The van der Waals surface area contributed by atoms with Gasteiger partial charge >= 0.3 is 0 Å². The molecular formula is C18H26BrClN2O3. The van der Waals surface area contributed by atoms with Crippen LogP contribution < -0.4 is 0 Å². The van der Waals surface area contributed by atoms with Gasteiger partial charge < -0.3 is 19.3 Å². The van der Waals surface area contributed by atoms with Crippen LogP contribution in [0.2, 0.25) is 0 Å². The van der Waals surface area contributed by atoms with Gasteiger partial charge in [-0.05, 0) is 44.8 Å². The van der Waals surface area contributed by atoms with Gasteiger partial charge in [0.2, 0.25) is 0 Å². The Balaban J connectivity index is 0.00000225. The Morgan fingerprint density at radius 1 is 1.12 bits per heavy atom. The predicted octanol–water partition coefficient (Wildman–Crippen LogP) is 3.17. The first kappa shape index (κ1) is 20.6. The molecule has 25 heavy (non-hydrogen) atoms. The summed E-state index contributed by atoms with van der Waals surface area (Å²) in [4.78, 5) is 16.9. The van der Waals surface area contributed by atoms with Crippen LogP contribution in [0.1, 0.15) is 29.6 Å². The summed E-state index contributed by atoms with van der Waals surface area (Å²) in [7, 11) is 6.02. The van der Waals surface area contributed by atoms with Crippen molar-refractivity contribution in [3.63, 3.8) is 0 Å². The number of hydrogen-bond donors (Lipinski definition) is 0. The zero-order valence-electron chi connectivity index (χ0n) is 14.9. The van der Waals surface area contributed by atoms with E-state index in [4.69, 9.17) is 9.47 Å². The van der Waals surface area contributed by atoms with Crippen molar-refractivity contribution in [3.05, 3.63) is 34.3 Å². The van der Waals surface area contributed by atoms with Crippen molar-refractivity contribution >= 4 is 34.2 Å². The van der Waals surface area contributed by atoms with Gasteiger partial charge in [0.25, 0.3) is 5.91 Å². The average Bonchev–Trinajstić information content (AvgIpc) is 3.02. The van der Waals surface area contributed by atoms with E-state index in [1.54, 1.807) is 0 Å². The van der Waals surface area contributed by atoms with Crippen LogP contribution >= 0.6 is 28.3 Å². The molecular weight excluding hydrogens is 408 g/mol. The SMILES string of the molecule is CN(C)[C@H]1CC2(CC[C@@H]1N(C)C(=O)c1ccc(Br)cc1)OCCO2.Cl. The molecule has 0 N–H and O–H groups in total. The van der Waals surface area contributed by atoms with Crippen molar-refractivity contribution in [2.75, 3.05) is 34.4 Å². The maximum absolute atomic E-state index is 12.9. The third kappa shape index (κ3) is 4.37. The predicted molar refractivity (Wildman–Crippen MR) is 103 cm³/mol. The Morgan fingerprint density at radius 2 is 1.72 bits per heavy atom. The van der Waals surface area contributed by atoms with E-state index in [2.05, 4.69) is 34.9 Å². The molecule has 3 rings (SSSR count). The fraction of sp³-hybridized carbons (Fsp3) is 0.611. The van der Waals surface area contributed by atoms with Crippen molar-refractivity contribution in [1.29, 1.82) is 0 Å². The Morgan fingerprint density at radius 3 is 2.28 bits per heavy atom. The van der Waals surface area contributed by atoms with Crippen LogP contribution in [0, 0.1) is 0 Å². The van der Waals surface area contributed by atoms with Crippen molar-refractivity contribution in [3.8, 4) is 0 Å². The molecule has 0 unspecified atom stereocenters. The van der Waals surface area contributed by atoms with E-state index in [-0.39, 0.29) is 30.4 Å². The molecule has 2 aliphatic rings. The molecule has 7 heteroatoms. The molecule has 140 valence electrons. The number of ether oxygens (including phenoxy) is 2. The highest BCUT2D eigenvalue weighted by atomic mass is 79.9. The average molecular weight is 434 g/mol. The van der Waals surface area contributed by atoms with Crippen LogP contribution in [-0.2, 0) is 9.47 Å². The number of nitrogens with zero attached hydrogens (tertiary/aromatic N) is 2. The largest absolute Gasteiger partial charge is 0.347 e.